The van der Waals surface area contributed by atoms with Crippen LogP contribution in [0.15, 0.2) is 36.7 Å². The zero-order valence-corrected chi connectivity index (χ0v) is 11.6. The van der Waals surface area contributed by atoms with Gasteiger partial charge in [-0.15, -0.1) is 0 Å². The first kappa shape index (κ1) is 13.5. The molecular weight excluding hydrogens is 236 g/mol. The van der Waals surface area contributed by atoms with Gasteiger partial charge in [-0.2, -0.15) is 5.10 Å². The number of hydrogen-bond donors (Lipinski definition) is 0. The van der Waals surface area contributed by atoms with Crippen LogP contribution in [0.4, 0.5) is 0 Å². The Bertz CT molecular complexity index is 557. The van der Waals surface area contributed by atoms with Gasteiger partial charge in [-0.1, -0.05) is 24.3 Å². The SMILES string of the molecule is Cc1ccccc1CCC(=O)CCc1cnn(C)c1. The summed E-state index contributed by atoms with van der Waals surface area (Å²) >= 11 is 0. The monoisotopic (exact) mass is 256 g/mol. The minimum Gasteiger partial charge on any atom is -0.300 e. The van der Waals surface area contributed by atoms with Gasteiger partial charge in [0.25, 0.3) is 0 Å². The summed E-state index contributed by atoms with van der Waals surface area (Å²) < 4.78 is 1.77. The van der Waals surface area contributed by atoms with Crippen molar-refractivity contribution >= 4 is 5.78 Å². The van der Waals surface area contributed by atoms with Crippen LogP contribution in [-0.4, -0.2) is 15.6 Å². The summed E-state index contributed by atoms with van der Waals surface area (Å²) in [7, 11) is 1.89. The van der Waals surface area contributed by atoms with Gasteiger partial charge < -0.3 is 0 Å². The van der Waals surface area contributed by atoms with Crippen molar-refractivity contribution in [2.24, 2.45) is 7.05 Å². The van der Waals surface area contributed by atoms with Crippen molar-refractivity contribution in [3.63, 3.8) is 0 Å². The molecule has 0 aliphatic heterocycles. The third-order valence-electron chi connectivity index (χ3n) is 3.39. The van der Waals surface area contributed by atoms with Crippen molar-refractivity contribution in [1.29, 1.82) is 0 Å². The Kier molecular flexibility index (Phi) is 4.50. The topological polar surface area (TPSA) is 34.9 Å². The molecule has 0 saturated heterocycles. The van der Waals surface area contributed by atoms with Crippen molar-refractivity contribution in [3.05, 3.63) is 53.3 Å². The van der Waals surface area contributed by atoms with E-state index >= 15 is 0 Å². The van der Waals surface area contributed by atoms with Crippen LogP contribution in [-0.2, 0) is 24.7 Å². The highest BCUT2D eigenvalue weighted by Crippen LogP contribution is 2.11. The molecule has 0 saturated carbocycles. The molecule has 3 nitrogen and oxygen atoms in total. The van der Waals surface area contributed by atoms with Gasteiger partial charge in [-0.05, 0) is 36.5 Å². The van der Waals surface area contributed by atoms with E-state index in [2.05, 4.69) is 24.2 Å². The molecule has 0 aliphatic rings. The predicted molar refractivity (Wildman–Crippen MR) is 76.0 cm³/mol. The van der Waals surface area contributed by atoms with Crippen LogP contribution >= 0.6 is 0 Å². The standard InChI is InChI=1S/C16H20N2O/c1-13-5-3-4-6-15(13)8-10-16(19)9-7-14-11-17-18(2)12-14/h3-6,11-12H,7-10H2,1-2H3. The van der Waals surface area contributed by atoms with Crippen molar-refractivity contribution in [2.45, 2.75) is 32.6 Å². The third-order valence-corrected chi connectivity index (χ3v) is 3.39. The Balaban J connectivity index is 1.77. The minimum atomic E-state index is 0.326. The van der Waals surface area contributed by atoms with E-state index in [1.54, 1.807) is 4.68 Å². The maximum absolute atomic E-state index is 11.9. The third kappa shape index (κ3) is 4.05. The summed E-state index contributed by atoms with van der Waals surface area (Å²) in [6.45, 7) is 2.09. The van der Waals surface area contributed by atoms with E-state index in [1.165, 1.54) is 11.1 Å². The molecule has 0 radical (unpaired) electrons. The molecule has 1 aromatic heterocycles. The van der Waals surface area contributed by atoms with Crippen molar-refractivity contribution in [1.82, 2.24) is 9.78 Å². The van der Waals surface area contributed by atoms with Gasteiger partial charge in [0.1, 0.15) is 5.78 Å². The Morgan fingerprint density at radius 1 is 1.21 bits per heavy atom. The second kappa shape index (κ2) is 6.32. The first-order valence-electron chi connectivity index (χ1n) is 6.69. The highest BCUT2D eigenvalue weighted by Gasteiger charge is 2.05. The average molecular weight is 256 g/mol. The highest BCUT2D eigenvalue weighted by atomic mass is 16.1. The maximum Gasteiger partial charge on any atom is 0.133 e. The number of benzene rings is 1. The largest absolute Gasteiger partial charge is 0.300 e. The van der Waals surface area contributed by atoms with Gasteiger partial charge in [0.2, 0.25) is 0 Å². The van der Waals surface area contributed by atoms with E-state index in [0.29, 0.717) is 18.6 Å². The Labute approximate surface area is 114 Å². The predicted octanol–water partition coefficient (Wildman–Crippen LogP) is 2.86. The molecule has 0 N–H and O–H groups in total. The first-order valence-corrected chi connectivity index (χ1v) is 6.69. The summed E-state index contributed by atoms with van der Waals surface area (Å²) in [4.78, 5) is 11.9. The molecule has 0 atom stereocenters. The molecular formula is C16H20N2O. The molecule has 19 heavy (non-hydrogen) atoms. The van der Waals surface area contributed by atoms with Gasteiger partial charge in [-0.3, -0.25) is 9.48 Å². The summed E-state index contributed by atoms with van der Waals surface area (Å²) in [5, 5.41) is 4.11. The van der Waals surface area contributed by atoms with E-state index in [-0.39, 0.29) is 0 Å². The molecule has 0 fully saturated rings. The Hall–Kier alpha value is -1.90. The number of hydrogen-bond acceptors (Lipinski definition) is 2. The number of ketones is 1. The van der Waals surface area contributed by atoms with Gasteiger partial charge in [0.15, 0.2) is 0 Å². The molecule has 2 rings (SSSR count). The molecule has 0 bridgehead atoms. The lowest BCUT2D eigenvalue weighted by molar-refractivity contribution is -0.119. The van der Waals surface area contributed by atoms with Crippen LogP contribution in [0.3, 0.4) is 0 Å². The number of carbonyl (C=O) groups is 1. The number of carbonyl (C=O) groups excluding carboxylic acids is 1. The first-order chi connectivity index (χ1) is 9.15. The Morgan fingerprint density at radius 3 is 2.63 bits per heavy atom. The van der Waals surface area contributed by atoms with Crippen molar-refractivity contribution in [2.75, 3.05) is 0 Å². The number of aryl methyl sites for hydroxylation is 4. The van der Waals surface area contributed by atoms with E-state index in [4.69, 9.17) is 0 Å². The Morgan fingerprint density at radius 2 is 1.95 bits per heavy atom. The fourth-order valence-corrected chi connectivity index (χ4v) is 2.17. The molecule has 3 heteroatoms. The molecule has 1 heterocycles. The van der Waals surface area contributed by atoms with E-state index in [0.717, 1.165) is 18.4 Å². The zero-order chi connectivity index (χ0) is 13.7. The van der Waals surface area contributed by atoms with Crippen LogP contribution in [0.25, 0.3) is 0 Å². The van der Waals surface area contributed by atoms with Crippen LogP contribution in [0.2, 0.25) is 0 Å². The van der Waals surface area contributed by atoms with Gasteiger partial charge in [0, 0.05) is 26.1 Å². The van der Waals surface area contributed by atoms with E-state index < -0.39 is 0 Å². The number of rotatable bonds is 6. The molecule has 2 aromatic rings. The number of Topliss-reactive ketones (excluding diaryl/α,β-unsaturated/α-hetero) is 1. The summed E-state index contributed by atoms with van der Waals surface area (Å²) in [6.07, 6.45) is 6.67. The van der Waals surface area contributed by atoms with Gasteiger partial charge in [-0.25, -0.2) is 0 Å². The maximum atomic E-state index is 11.9. The number of aromatic nitrogens is 2. The number of nitrogens with zero attached hydrogens (tertiary/aromatic N) is 2. The van der Waals surface area contributed by atoms with Crippen LogP contribution in [0, 0.1) is 6.92 Å². The van der Waals surface area contributed by atoms with Crippen molar-refractivity contribution in [3.8, 4) is 0 Å². The summed E-state index contributed by atoms with van der Waals surface area (Å²) in [6, 6.07) is 8.25. The highest BCUT2D eigenvalue weighted by molar-refractivity contribution is 5.78. The lowest BCUT2D eigenvalue weighted by atomic mass is 10.0. The normalized spacial score (nSPS) is 10.6. The van der Waals surface area contributed by atoms with Crippen LogP contribution in [0.1, 0.15) is 29.5 Å². The molecule has 0 spiro atoms. The molecule has 0 amide bonds. The fourth-order valence-electron chi connectivity index (χ4n) is 2.17. The quantitative estimate of drug-likeness (QED) is 0.796. The second-order valence-corrected chi connectivity index (χ2v) is 4.99. The molecule has 100 valence electrons. The van der Waals surface area contributed by atoms with Crippen molar-refractivity contribution < 1.29 is 4.79 Å². The second-order valence-electron chi connectivity index (χ2n) is 4.99. The van der Waals surface area contributed by atoms with Gasteiger partial charge in [0.05, 0.1) is 6.20 Å². The molecule has 1 aromatic carbocycles. The lowest BCUT2D eigenvalue weighted by Crippen LogP contribution is -2.02. The average Bonchev–Trinajstić information content (AvgIpc) is 2.81. The fraction of sp³-hybridized carbons (Fsp3) is 0.375. The van der Waals surface area contributed by atoms with E-state index in [9.17, 15) is 4.79 Å². The van der Waals surface area contributed by atoms with Gasteiger partial charge >= 0.3 is 0 Å². The molecule has 0 aliphatic carbocycles. The van der Waals surface area contributed by atoms with E-state index in [1.807, 2.05) is 31.6 Å². The smallest absolute Gasteiger partial charge is 0.133 e. The van der Waals surface area contributed by atoms with Crippen LogP contribution < -0.4 is 0 Å². The van der Waals surface area contributed by atoms with Crippen LogP contribution in [0.5, 0.6) is 0 Å². The molecule has 0 unspecified atom stereocenters. The minimum absolute atomic E-state index is 0.326. The lowest BCUT2D eigenvalue weighted by Gasteiger charge is -2.04. The summed E-state index contributed by atoms with van der Waals surface area (Å²) in [5.74, 6) is 0.326. The zero-order valence-electron chi connectivity index (χ0n) is 11.6. The summed E-state index contributed by atoms with van der Waals surface area (Å²) in [5.41, 5.74) is 3.67.